The highest BCUT2D eigenvalue weighted by molar-refractivity contribution is 5.76. The van der Waals surface area contributed by atoms with Gasteiger partial charge in [-0.1, -0.05) is 0 Å². The van der Waals surface area contributed by atoms with Crippen molar-refractivity contribution in [2.45, 2.75) is 13.1 Å². The lowest BCUT2D eigenvalue weighted by molar-refractivity contribution is 0.250. The summed E-state index contributed by atoms with van der Waals surface area (Å²) >= 11 is 0. The second-order valence-electron chi connectivity index (χ2n) is 2.60. The van der Waals surface area contributed by atoms with Gasteiger partial charge in [0.1, 0.15) is 0 Å². The molecule has 1 aromatic rings. The first kappa shape index (κ1) is 6.42. The van der Waals surface area contributed by atoms with Gasteiger partial charge < -0.3 is 11.1 Å². The number of primary amides is 1. The quantitative estimate of drug-likeness (QED) is 0.549. The molecule has 2 rings (SSSR count). The maximum atomic E-state index is 10.8. The number of hydrogen-bond donors (Lipinski definition) is 2. The molecule has 0 unspecified atom stereocenters. The minimum atomic E-state index is -0.407. The zero-order valence-corrected chi connectivity index (χ0v) is 6.00. The normalized spacial score (nSPS) is 14.9. The van der Waals surface area contributed by atoms with Crippen molar-refractivity contribution in [1.29, 1.82) is 0 Å². The van der Waals surface area contributed by atoms with E-state index in [4.69, 9.17) is 5.73 Å². The van der Waals surface area contributed by atoms with E-state index >= 15 is 0 Å². The molecule has 0 saturated carbocycles. The van der Waals surface area contributed by atoms with Crippen LogP contribution in [-0.2, 0) is 13.1 Å². The number of aromatic nitrogens is 1. The number of amides is 1. The predicted molar refractivity (Wildman–Crippen MR) is 40.0 cm³/mol. The molecule has 2 heterocycles. The average molecular weight is 151 g/mol. The largest absolute Gasteiger partial charge is 0.351 e. The van der Waals surface area contributed by atoms with Crippen LogP contribution in [0.25, 0.3) is 0 Å². The fourth-order valence-electron chi connectivity index (χ4n) is 1.39. The molecule has 1 amide bonds. The molecule has 0 spiro atoms. The maximum absolute atomic E-state index is 10.8. The van der Waals surface area contributed by atoms with Crippen LogP contribution in [0.5, 0.6) is 0 Å². The van der Waals surface area contributed by atoms with E-state index in [-0.39, 0.29) is 0 Å². The Balaban J connectivity index is 2.50. The van der Waals surface area contributed by atoms with Crippen LogP contribution in [0, 0.1) is 0 Å². The van der Waals surface area contributed by atoms with Gasteiger partial charge >= 0.3 is 6.03 Å². The number of hydrogen-bond acceptors (Lipinski definition) is 2. The Labute approximate surface area is 64.0 Å². The first-order valence-corrected chi connectivity index (χ1v) is 3.48. The molecule has 0 aromatic carbocycles. The van der Waals surface area contributed by atoms with E-state index in [9.17, 15) is 4.79 Å². The summed E-state index contributed by atoms with van der Waals surface area (Å²) in [6.07, 6.45) is 1.72. The van der Waals surface area contributed by atoms with Gasteiger partial charge in [-0.25, -0.2) is 4.79 Å². The van der Waals surface area contributed by atoms with E-state index in [0.29, 0.717) is 0 Å². The smallest absolute Gasteiger partial charge is 0.323 e. The van der Waals surface area contributed by atoms with E-state index in [1.54, 1.807) is 6.20 Å². The Bertz CT molecular complexity index is 303. The van der Waals surface area contributed by atoms with Gasteiger partial charge in [0.05, 0.1) is 0 Å². The molecular weight excluding hydrogens is 142 g/mol. The molecule has 0 aliphatic carbocycles. The first-order chi connectivity index (χ1) is 5.29. The van der Waals surface area contributed by atoms with Crippen molar-refractivity contribution in [2.24, 2.45) is 5.73 Å². The van der Waals surface area contributed by atoms with Gasteiger partial charge in [0.2, 0.25) is 0 Å². The van der Waals surface area contributed by atoms with Gasteiger partial charge in [-0.05, 0) is 11.6 Å². The Morgan fingerprint density at radius 2 is 2.45 bits per heavy atom. The van der Waals surface area contributed by atoms with Crippen molar-refractivity contribution in [1.82, 2.24) is 9.88 Å². The number of carbonyl (C=O) groups is 1. The van der Waals surface area contributed by atoms with Crippen LogP contribution < -0.4 is 11.1 Å². The Morgan fingerprint density at radius 1 is 1.64 bits per heavy atom. The summed E-state index contributed by atoms with van der Waals surface area (Å²) < 4.78 is 1.48. The number of fused-ring (bicyclic) bond motifs is 1. The van der Waals surface area contributed by atoms with Gasteiger partial charge in [0.25, 0.3) is 0 Å². The fourth-order valence-corrected chi connectivity index (χ4v) is 1.39. The number of nitrogens with zero attached hydrogens (tertiary/aromatic N) is 1. The van der Waals surface area contributed by atoms with Crippen LogP contribution in [0.1, 0.15) is 11.3 Å². The summed E-state index contributed by atoms with van der Waals surface area (Å²) in [7, 11) is 0. The molecule has 0 bridgehead atoms. The molecule has 1 aromatic heterocycles. The lowest BCUT2D eigenvalue weighted by atomic mass is 10.3. The fraction of sp³-hybridized carbons (Fsp3) is 0.286. The molecule has 1 aliphatic heterocycles. The van der Waals surface area contributed by atoms with Crippen LogP contribution in [0.2, 0.25) is 0 Å². The number of nitrogens with one attached hydrogen (secondary N) is 1. The lowest BCUT2D eigenvalue weighted by Crippen LogP contribution is -2.21. The third kappa shape index (κ3) is 0.832. The van der Waals surface area contributed by atoms with Crippen LogP contribution in [-0.4, -0.2) is 10.6 Å². The van der Waals surface area contributed by atoms with Crippen LogP contribution in [0.15, 0.2) is 12.3 Å². The molecule has 0 fully saturated rings. The zero-order valence-electron chi connectivity index (χ0n) is 6.00. The SMILES string of the molecule is NC(=O)n1ccc2c1CNC2. The summed E-state index contributed by atoms with van der Waals surface area (Å²) in [6, 6.07) is 1.51. The monoisotopic (exact) mass is 151 g/mol. The Kier molecular flexibility index (Phi) is 1.22. The molecule has 4 heteroatoms. The van der Waals surface area contributed by atoms with Gasteiger partial charge in [-0.15, -0.1) is 0 Å². The zero-order chi connectivity index (χ0) is 7.84. The maximum Gasteiger partial charge on any atom is 0.323 e. The number of carbonyl (C=O) groups excluding carboxylic acids is 1. The second kappa shape index (κ2) is 2.10. The van der Waals surface area contributed by atoms with Gasteiger partial charge in [-0.2, -0.15) is 0 Å². The molecule has 0 radical (unpaired) electrons. The van der Waals surface area contributed by atoms with Gasteiger partial charge in [0, 0.05) is 25.0 Å². The van der Waals surface area contributed by atoms with E-state index in [1.807, 2.05) is 6.07 Å². The third-order valence-electron chi connectivity index (χ3n) is 1.93. The summed E-state index contributed by atoms with van der Waals surface area (Å²) in [5.41, 5.74) is 7.30. The number of rotatable bonds is 0. The van der Waals surface area contributed by atoms with E-state index in [0.717, 1.165) is 18.8 Å². The molecule has 1 aliphatic rings. The highest BCUT2D eigenvalue weighted by atomic mass is 16.2. The van der Waals surface area contributed by atoms with Crippen LogP contribution in [0.4, 0.5) is 4.79 Å². The Morgan fingerprint density at radius 3 is 3.18 bits per heavy atom. The van der Waals surface area contributed by atoms with E-state index in [2.05, 4.69) is 5.32 Å². The molecular formula is C7H9N3O. The van der Waals surface area contributed by atoms with Crippen LogP contribution in [0.3, 0.4) is 0 Å². The van der Waals surface area contributed by atoms with Crippen molar-refractivity contribution in [3.05, 3.63) is 23.5 Å². The highest BCUT2D eigenvalue weighted by Crippen LogP contribution is 2.15. The topological polar surface area (TPSA) is 60.1 Å². The standard InChI is InChI=1S/C7H9N3O/c8-7(11)10-2-1-5-3-9-4-6(5)10/h1-2,9H,3-4H2,(H2,8,11). The minimum absolute atomic E-state index is 0.407. The molecule has 3 N–H and O–H groups in total. The number of nitrogens with two attached hydrogens (primary N) is 1. The summed E-state index contributed by atoms with van der Waals surface area (Å²) in [4.78, 5) is 10.8. The lowest BCUT2D eigenvalue weighted by Gasteiger charge is -1.99. The van der Waals surface area contributed by atoms with E-state index < -0.39 is 6.03 Å². The van der Waals surface area contributed by atoms with Gasteiger partial charge in [0.15, 0.2) is 0 Å². The molecule has 11 heavy (non-hydrogen) atoms. The third-order valence-corrected chi connectivity index (χ3v) is 1.93. The van der Waals surface area contributed by atoms with Crippen molar-refractivity contribution < 1.29 is 4.79 Å². The molecule has 58 valence electrons. The molecule has 0 saturated heterocycles. The van der Waals surface area contributed by atoms with Crippen LogP contribution >= 0.6 is 0 Å². The van der Waals surface area contributed by atoms with Crippen molar-refractivity contribution in [3.63, 3.8) is 0 Å². The highest BCUT2D eigenvalue weighted by Gasteiger charge is 2.16. The predicted octanol–water partition coefficient (Wildman–Crippen LogP) is 0.0181. The van der Waals surface area contributed by atoms with E-state index in [1.165, 1.54) is 10.1 Å². The van der Waals surface area contributed by atoms with Crippen molar-refractivity contribution in [3.8, 4) is 0 Å². The van der Waals surface area contributed by atoms with Gasteiger partial charge in [-0.3, -0.25) is 4.57 Å². The second-order valence-corrected chi connectivity index (χ2v) is 2.60. The van der Waals surface area contributed by atoms with Crippen molar-refractivity contribution >= 4 is 6.03 Å². The minimum Gasteiger partial charge on any atom is -0.351 e. The average Bonchev–Trinajstić information content (AvgIpc) is 2.41. The summed E-state index contributed by atoms with van der Waals surface area (Å²) in [5.74, 6) is 0. The summed E-state index contributed by atoms with van der Waals surface area (Å²) in [5, 5.41) is 3.13. The molecule has 0 atom stereocenters. The Hall–Kier alpha value is -1.29. The first-order valence-electron chi connectivity index (χ1n) is 3.48. The summed E-state index contributed by atoms with van der Waals surface area (Å²) in [6.45, 7) is 1.58. The molecule has 4 nitrogen and oxygen atoms in total. The van der Waals surface area contributed by atoms with Crippen molar-refractivity contribution in [2.75, 3.05) is 0 Å².